The zero-order valence-corrected chi connectivity index (χ0v) is 26.2. The monoisotopic (exact) mass is 584 g/mol. The van der Waals surface area contributed by atoms with Crippen molar-refractivity contribution < 1.29 is 19.1 Å². The van der Waals surface area contributed by atoms with Crippen molar-refractivity contribution in [2.24, 2.45) is 0 Å². The first-order chi connectivity index (χ1) is 20.5. The quantitative estimate of drug-likeness (QED) is 0.366. The van der Waals surface area contributed by atoms with Crippen molar-refractivity contribution in [3.8, 4) is 0 Å². The lowest BCUT2D eigenvalue weighted by atomic mass is 9.90. The molecule has 10 nitrogen and oxygen atoms in total. The van der Waals surface area contributed by atoms with Gasteiger partial charge in [-0.2, -0.15) is 0 Å². The largest absolute Gasteiger partial charge is 0.383 e. The molecule has 1 aromatic heterocycles. The number of nitrogens with zero attached hydrogens (tertiary/aromatic N) is 3. The summed E-state index contributed by atoms with van der Waals surface area (Å²) in [6, 6.07) is 9.63. The number of benzene rings is 1. The Morgan fingerprint density at radius 3 is 2.19 bits per heavy atom. The molecule has 1 amide bonds. The van der Waals surface area contributed by atoms with Crippen LogP contribution < -0.4 is 20.9 Å². The maximum absolute atomic E-state index is 12.5. The topological polar surface area (TPSA) is 118 Å². The summed E-state index contributed by atoms with van der Waals surface area (Å²) in [5, 5.41) is 9.06. The Morgan fingerprint density at radius 2 is 1.69 bits per heavy atom. The highest BCUT2D eigenvalue weighted by Gasteiger charge is 2.46. The molecule has 1 aromatic carbocycles. The number of hydrogen-bond acceptors (Lipinski definition) is 9. The van der Waals surface area contributed by atoms with Crippen molar-refractivity contribution in [3.05, 3.63) is 47.4 Å². The van der Waals surface area contributed by atoms with Crippen LogP contribution in [0.15, 0.2) is 30.3 Å². The standard InChI is InChI=1S/C21H27N5O2.C6H12.C4H11NO.CH2O/c1-3-22-19-11-17(24-15(2)25-19)12-23-20(27)16-5-7-18(8-6-16)26-13-21(14-26)9-4-10-28-21;1-2-4-6-5-3-1;1-5-3-4-6-2;1-2/h5-8,11H,3-4,9-10,12-14H2,1-2H3,(H,23,27)(H,22,24,25);1-6H2;5H,3-4H2,1-2H3;1H2. The molecule has 2 aromatic rings. The van der Waals surface area contributed by atoms with Crippen molar-refractivity contribution in [2.45, 2.75) is 77.4 Å². The maximum atomic E-state index is 12.5. The Labute approximate surface area is 252 Å². The van der Waals surface area contributed by atoms with E-state index in [0.29, 0.717) is 17.9 Å². The molecule has 3 N–H and O–H groups in total. The normalized spacial score (nSPS) is 16.4. The summed E-state index contributed by atoms with van der Waals surface area (Å²) >= 11 is 0. The Hall–Kier alpha value is -3.08. The van der Waals surface area contributed by atoms with Crippen LogP contribution in [0.1, 0.15) is 80.2 Å². The Morgan fingerprint density at radius 1 is 1.05 bits per heavy atom. The zero-order chi connectivity index (χ0) is 30.6. The van der Waals surface area contributed by atoms with Crippen LogP contribution in [0.4, 0.5) is 11.5 Å². The molecule has 0 bridgehead atoms. The smallest absolute Gasteiger partial charge is 0.251 e. The minimum Gasteiger partial charge on any atom is -0.383 e. The van der Waals surface area contributed by atoms with Gasteiger partial charge in [-0.05, 0) is 58.0 Å². The molecule has 0 radical (unpaired) electrons. The molecule has 1 aliphatic carbocycles. The zero-order valence-electron chi connectivity index (χ0n) is 26.2. The first kappa shape index (κ1) is 35.1. The van der Waals surface area contributed by atoms with Gasteiger partial charge >= 0.3 is 0 Å². The van der Waals surface area contributed by atoms with E-state index in [1.54, 1.807) is 7.11 Å². The highest BCUT2D eigenvalue weighted by Crippen LogP contribution is 2.37. The third-order valence-electron chi connectivity index (χ3n) is 7.37. The Balaban J connectivity index is 0.000000365. The average Bonchev–Trinajstić information content (AvgIpc) is 3.52. The highest BCUT2D eigenvalue weighted by atomic mass is 16.5. The SMILES string of the molecule is C1CCCCC1.C=O.CCNc1cc(CNC(=O)c2ccc(N3CC4(CCCO4)C3)cc2)nc(C)n1.CNCCOC. The molecule has 3 heterocycles. The minimum absolute atomic E-state index is 0.0806. The molecule has 2 saturated heterocycles. The lowest BCUT2D eigenvalue weighted by Crippen LogP contribution is -2.61. The predicted octanol–water partition coefficient (Wildman–Crippen LogP) is 4.52. The summed E-state index contributed by atoms with van der Waals surface area (Å²) in [6.45, 7) is 11.5. The number of methoxy groups -OCH3 is 1. The van der Waals surface area contributed by atoms with E-state index < -0.39 is 0 Å². The lowest BCUT2D eigenvalue weighted by Gasteiger charge is -2.48. The number of carbonyl (C=O) groups excluding carboxylic acids is 2. The molecule has 3 aliphatic rings. The number of hydrogen-bond donors (Lipinski definition) is 3. The van der Waals surface area contributed by atoms with E-state index in [4.69, 9.17) is 14.3 Å². The fourth-order valence-electron chi connectivity index (χ4n) is 5.19. The van der Waals surface area contributed by atoms with E-state index in [0.717, 1.165) is 69.4 Å². The van der Waals surface area contributed by atoms with E-state index in [1.165, 1.54) is 38.5 Å². The summed E-state index contributed by atoms with van der Waals surface area (Å²) in [4.78, 5) is 31.5. The van der Waals surface area contributed by atoms with E-state index in [2.05, 4.69) is 30.8 Å². The van der Waals surface area contributed by atoms with Crippen LogP contribution in [0.25, 0.3) is 0 Å². The van der Waals surface area contributed by atoms with Crippen molar-refractivity contribution >= 4 is 24.2 Å². The van der Waals surface area contributed by atoms with Gasteiger partial charge in [-0.3, -0.25) is 4.79 Å². The minimum atomic E-state index is -0.105. The van der Waals surface area contributed by atoms with Gasteiger partial charge in [-0.1, -0.05) is 38.5 Å². The van der Waals surface area contributed by atoms with Crippen LogP contribution in [0.3, 0.4) is 0 Å². The first-order valence-corrected chi connectivity index (χ1v) is 15.3. The maximum Gasteiger partial charge on any atom is 0.251 e. The molecule has 0 atom stereocenters. The number of nitrogens with one attached hydrogen (secondary N) is 3. The van der Waals surface area contributed by atoms with Gasteiger partial charge in [0.2, 0.25) is 0 Å². The Bertz CT molecular complexity index is 1000. The van der Waals surface area contributed by atoms with Gasteiger partial charge in [-0.25, -0.2) is 9.97 Å². The molecular weight excluding hydrogens is 532 g/mol. The second-order valence-corrected chi connectivity index (χ2v) is 10.8. The van der Waals surface area contributed by atoms with Gasteiger partial charge in [0, 0.05) is 57.2 Å². The number of carbonyl (C=O) groups is 2. The van der Waals surface area contributed by atoms with Gasteiger partial charge < -0.3 is 35.1 Å². The molecule has 2 aliphatic heterocycles. The van der Waals surface area contributed by atoms with Gasteiger partial charge in [0.05, 0.1) is 18.8 Å². The summed E-state index contributed by atoms with van der Waals surface area (Å²) in [7, 11) is 3.59. The van der Waals surface area contributed by atoms with Crippen molar-refractivity contribution in [3.63, 3.8) is 0 Å². The van der Waals surface area contributed by atoms with Crippen LogP contribution >= 0.6 is 0 Å². The fraction of sp³-hybridized carbons (Fsp3) is 0.625. The summed E-state index contributed by atoms with van der Waals surface area (Å²) in [6.07, 6.45) is 11.3. The van der Waals surface area contributed by atoms with E-state index in [1.807, 2.05) is 58.0 Å². The summed E-state index contributed by atoms with van der Waals surface area (Å²) < 4.78 is 10.6. The number of aryl methyl sites for hydroxylation is 1. The lowest BCUT2D eigenvalue weighted by molar-refractivity contribution is -0.0980. The van der Waals surface area contributed by atoms with Crippen molar-refractivity contribution in [2.75, 3.05) is 63.8 Å². The first-order valence-electron chi connectivity index (χ1n) is 15.3. The van der Waals surface area contributed by atoms with Crippen LogP contribution in [0.5, 0.6) is 0 Å². The highest BCUT2D eigenvalue weighted by molar-refractivity contribution is 5.94. The molecule has 1 saturated carbocycles. The molecule has 5 rings (SSSR count). The number of ether oxygens (including phenoxy) is 2. The molecule has 42 heavy (non-hydrogen) atoms. The number of amides is 1. The van der Waals surface area contributed by atoms with E-state index in [9.17, 15) is 4.79 Å². The van der Waals surface area contributed by atoms with Gasteiger partial charge in [0.15, 0.2) is 0 Å². The fourth-order valence-corrected chi connectivity index (χ4v) is 5.19. The Kier molecular flexibility index (Phi) is 16.7. The van der Waals surface area contributed by atoms with Crippen LogP contribution in [0, 0.1) is 6.92 Å². The van der Waals surface area contributed by atoms with Crippen molar-refractivity contribution in [1.82, 2.24) is 20.6 Å². The average molecular weight is 585 g/mol. The summed E-state index contributed by atoms with van der Waals surface area (Å²) in [5.74, 6) is 1.36. The van der Waals surface area contributed by atoms with Gasteiger partial charge in [-0.15, -0.1) is 0 Å². The number of aromatic nitrogens is 2. The second-order valence-electron chi connectivity index (χ2n) is 10.8. The van der Waals surface area contributed by atoms with Gasteiger partial charge in [0.25, 0.3) is 5.91 Å². The molecule has 0 unspecified atom stereocenters. The van der Waals surface area contributed by atoms with Crippen LogP contribution in [-0.4, -0.2) is 81.8 Å². The van der Waals surface area contributed by atoms with E-state index >= 15 is 0 Å². The third-order valence-corrected chi connectivity index (χ3v) is 7.37. The van der Waals surface area contributed by atoms with Crippen LogP contribution in [0.2, 0.25) is 0 Å². The summed E-state index contributed by atoms with van der Waals surface area (Å²) in [5.41, 5.74) is 2.65. The molecule has 3 fully saturated rings. The molecule has 234 valence electrons. The third kappa shape index (κ3) is 12.0. The van der Waals surface area contributed by atoms with Crippen molar-refractivity contribution in [1.29, 1.82) is 0 Å². The van der Waals surface area contributed by atoms with Crippen LogP contribution in [-0.2, 0) is 20.8 Å². The number of anilines is 2. The number of likely N-dealkylation sites (N-methyl/N-ethyl adjacent to an activating group) is 1. The number of rotatable bonds is 9. The predicted molar refractivity (Wildman–Crippen MR) is 169 cm³/mol. The van der Waals surface area contributed by atoms with Gasteiger partial charge in [0.1, 0.15) is 24.0 Å². The molecule has 1 spiro atoms. The van der Waals surface area contributed by atoms with E-state index in [-0.39, 0.29) is 11.5 Å². The molecular formula is C32H52N6O4. The second kappa shape index (κ2) is 19.9. The molecule has 10 heteroatoms.